The molecule has 1 aliphatic rings. The molecule has 0 bridgehead atoms. The SMILES string of the molecule is CCOC(=O)N1CCc2nc(NC(=O)c3ccco3)sc2C1. The Bertz CT molecular complexity index is 680. The van der Waals surface area contributed by atoms with Crippen LogP contribution in [0.25, 0.3) is 0 Å². The largest absolute Gasteiger partial charge is 0.459 e. The number of hydrogen-bond donors (Lipinski definition) is 1. The summed E-state index contributed by atoms with van der Waals surface area (Å²) < 4.78 is 10.0. The van der Waals surface area contributed by atoms with Crippen molar-refractivity contribution < 1.29 is 18.7 Å². The number of rotatable bonds is 3. The van der Waals surface area contributed by atoms with E-state index in [1.807, 2.05) is 0 Å². The molecule has 0 saturated carbocycles. The monoisotopic (exact) mass is 321 g/mol. The van der Waals surface area contributed by atoms with Crippen molar-refractivity contribution in [3.05, 3.63) is 34.7 Å². The van der Waals surface area contributed by atoms with E-state index in [1.165, 1.54) is 17.6 Å². The van der Waals surface area contributed by atoms with E-state index in [4.69, 9.17) is 9.15 Å². The Balaban J connectivity index is 1.68. The highest BCUT2D eigenvalue weighted by Gasteiger charge is 2.25. The van der Waals surface area contributed by atoms with Crippen molar-refractivity contribution in [2.24, 2.45) is 0 Å². The van der Waals surface area contributed by atoms with Crippen molar-refractivity contribution in [3.63, 3.8) is 0 Å². The molecule has 0 unspecified atom stereocenters. The number of anilines is 1. The number of carbonyl (C=O) groups is 2. The van der Waals surface area contributed by atoms with Gasteiger partial charge in [-0.3, -0.25) is 10.1 Å². The Labute approximate surface area is 130 Å². The molecule has 0 spiro atoms. The molecule has 2 aromatic heterocycles. The molecule has 116 valence electrons. The van der Waals surface area contributed by atoms with Crippen LogP contribution in [0.2, 0.25) is 0 Å². The Morgan fingerprint density at radius 1 is 1.55 bits per heavy atom. The first-order chi connectivity index (χ1) is 10.7. The minimum atomic E-state index is -0.335. The van der Waals surface area contributed by atoms with Gasteiger partial charge < -0.3 is 14.1 Å². The van der Waals surface area contributed by atoms with Crippen LogP contribution in [0.1, 0.15) is 28.0 Å². The second-order valence-electron chi connectivity index (χ2n) is 4.69. The molecule has 0 fully saturated rings. The molecule has 3 heterocycles. The smallest absolute Gasteiger partial charge is 0.410 e. The zero-order chi connectivity index (χ0) is 15.5. The molecule has 2 amide bonds. The third kappa shape index (κ3) is 2.96. The van der Waals surface area contributed by atoms with E-state index in [1.54, 1.807) is 24.0 Å². The molecular formula is C14H15N3O4S. The number of fused-ring (bicyclic) bond motifs is 1. The number of amides is 2. The van der Waals surface area contributed by atoms with Gasteiger partial charge in [-0.05, 0) is 19.1 Å². The van der Waals surface area contributed by atoms with Gasteiger partial charge in [0, 0.05) is 17.8 Å². The lowest BCUT2D eigenvalue weighted by molar-refractivity contribution is 0.0995. The maximum absolute atomic E-state index is 11.9. The molecule has 2 aromatic rings. The van der Waals surface area contributed by atoms with Gasteiger partial charge >= 0.3 is 6.09 Å². The van der Waals surface area contributed by atoms with Crippen LogP contribution < -0.4 is 5.32 Å². The molecule has 8 heteroatoms. The molecule has 0 radical (unpaired) electrons. The number of nitrogens with one attached hydrogen (secondary N) is 1. The number of thiazole rings is 1. The lowest BCUT2D eigenvalue weighted by Crippen LogP contribution is -2.35. The van der Waals surface area contributed by atoms with E-state index in [0.717, 1.165) is 10.6 Å². The summed E-state index contributed by atoms with van der Waals surface area (Å²) in [5.74, 6) is -0.0975. The molecule has 0 aliphatic carbocycles. The quantitative estimate of drug-likeness (QED) is 0.939. The maximum Gasteiger partial charge on any atom is 0.410 e. The number of aromatic nitrogens is 1. The summed E-state index contributed by atoms with van der Waals surface area (Å²) in [7, 11) is 0. The minimum Gasteiger partial charge on any atom is -0.459 e. The van der Waals surface area contributed by atoms with E-state index in [0.29, 0.717) is 31.2 Å². The molecule has 0 aromatic carbocycles. The van der Waals surface area contributed by atoms with Crippen LogP contribution in [0, 0.1) is 0 Å². The van der Waals surface area contributed by atoms with Crippen LogP contribution in [0.15, 0.2) is 22.8 Å². The second-order valence-corrected chi connectivity index (χ2v) is 5.77. The summed E-state index contributed by atoms with van der Waals surface area (Å²) in [6.45, 7) is 3.17. The van der Waals surface area contributed by atoms with Gasteiger partial charge in [0.1, 0.15) is 0 Å². The highest BCUT2D eigenvalue weighted by molar-refractivity contribution is 7.15. The van der Waals surface area contributed by atoms with Gasteiger partial charge in [-0.1, -0.05) is 11.3 Å². The van der Waals surface area contributed by atoms with Gasteiger partial charge in [0.15, 0.2) is 10.9 Å². The normalized spacial score (nSPS) is 13.6. The van der Waals surface area contributed by atoms with Crippen LogP contribution >= 0.6 is 11.3 Å². The number of nitrogens with zero attached hydrogens (tertiary/aromatic N) is 2. The third-order valence-corrected chi connectivity index (χ3v) is 4.22. The van der Waals surface area contributed by atoms with Crippen molar-refractivity contribution in [2.45, 2.75) is 19.9 Å². The fraction of sp³-hybridized carbons (Fsp3) is 0.357. The maximum atomic E-state index is 11.9. The number of hydrogen-bond acceptors (Lipinski definition) is 6. The summed E-state index contributed by atoms with van der Waals surface area (Å²) in [4.78, 5) is 30.7. The molecular weight excluding hydrogens is 306 g/mol. The first-order valence-corrected chi connectivity index (χ1v) is 7.74. The van der Waals surface area contributed by atoms with E-state index in [9.17, 15) is 9.59 Å². The molecule has 1 aliphatic heterocycles. The first-order valence-electron chi connectivity index (χ1n) is 6.92. The van der Waals surface area contributed by atoms with E-state index < -0.39 is 0 Å². The Morgan fingerprint density at radius 3 is 3.14 bits per heavy atom. The zero-order valence-electron chi connectivity index (χ0n) is 12.0. The number of ether oxygens (including phenoxy) is 1. The zero-order valence-corrected chi connectivity index (χ0v) is 12.8. The van der Waals surface area contributed by atoms with Crippen LogP contribution in [0.4, 0.5) is 9.93 Å². The molecule has 1 N–H and O–H groups in total. The van der Waals surface area contributed by atoms with Crippen LogP contribution in [-0.4, -0.2) is 35.0 Å². The third-order valence-electron chi connectivity index (χ3n) is 3.22. The average Bonchev–Trinajstić information content (AvgIpc) is 3.15. The molecule has 22 heavy (non-hydrogen) atoms. The van der Waals surface area contributed by atoms with Gasteiger partial charge in [-0.2, -0.15) is 0 Å². The first kappa shape index (κ1) is 14.6. The summed E-state index contributed by atoms with van der Waals surface area (Å²) >= 11 is 1.37. The molecule has 0 saturated heterocycles. The second kappa shape index (κ2) is 6.18. The predicted molar refractivity (Wildman–Crippen MR) is 79.9 cm³/mol. The highest BCUT2D eigenvalue weighted by atomic mass is 32.1. The summed E-state index contributed by atoms with van der Waals surface area (Å²) in [5.41, 5.74) is 0.917. The lowest BCUT2D eigenvalue weighted by Gasteiger charge is -2.24. The molecule has 3 rings (SSSR count). The summed E-state index contributed by atoms with van der Waals surface area (Å²) in [6.07, 6.45) is 1.78. The standard InChI is InChI=1S/C14H15N3O4S/c1-2-20-14(19)17-6-5-9-11(8-17)22-13(15-9)16-12(18)10-4-3-7-21-10/h3-4,7H,2,5-6,8H2,1H3,(H,15,16,18). The van der Waals surface area contributed by atoms with Gasteiger partial charge in [0.05, 0.1) is 25.1 Å². The number of furan rings is 1. The van der Waals surface area contributed by atoms with E-state index in [2.05, 4.69) is 10.3 Å². The number of carbonyl (C=O) groups excluding carboxylic acids is 2. The Kier molecular flexibility index (Phi) is 4.10. The van der Waals surface area contributed by atoms with Gasteiger partial charge in [-0.25, -0.2) is 9.78 Å². The Morgan fingerprint density at radius 2 is 2.41 bits per heavy atom. The van der Waals surface area contributed by atoms with Crippen molar-refractivity contribution in [1.29, 1.82) is 0 Å². The van der Waals surface area contributed by atoms with Crippen molar-refractivity contribution >= 4 is 28.5 Å². The van der Waals surface area contributed by atoms with Crippen molar-refractivity contribution in [3.8, 4) is 0 Å². The minimum absolute atomic E-state index is 0.237. The highest BCUT2D eigenvalue weighted by Crippen LogP contribution is 2.28. The topological polar surface area (TPSA) is 84.7 Å². The molecule has 7 nitrogen and oxygen atoms in total. The lowest BCUT2D eigenvalue weighted by atomic mass is 10.2. The van der Waals surface area contributed by atoms with Crippen LogP contribution in [0.5, 0.6) is 0 Å². The van der Waals surface area contributed by atoms with Crippen LogP contribution in [0.3, 0.4) is 0 Å². The van der Waals surface area contributed by atoms with Crippen molar-refractivity contribution in [1.82, 2.24) is 9.88 Å². The molecule has 0 atom stereocenters. The fourth-order valence-electron chi connectivity index (χ4n) is 2.19. The predicted octanol–water partition coefficient (Wildman–Crippen LogP) is 2.50. The average molecular weight is 321 g/mol. The van der Waals surface area contributed by atoms with Gasteiger partial charge in [-0.15, -0.1) is 0 Å². The van der Waals surface area contributed by atoms with Crippen LogP contribution in [-0.2, 0) is 17.7 Å². The summed E-state index contributed by atoms with van der Waals surface area (Å²) in [5, 5.41) is 3.22. The Hall–Kier alpha value is -2.35. The van der Waals surface area contributed by atoms with Crippen molar-refractivity contribution in [2.75, 3.05) is 18.5 Å². The van der Waals surface area contributed by atoms with Gasteiger partial charge in [0.2, 0.25) is 0 Å². The van der Waals surface area contributed by atoms with E-state index >= 15 is 0 Å². The fourth-order valence-corrected chi connectivity index (χ4v) is 3.20. The summed E-state index contributed by atoms with van der Waals surface area (Å²) in [6, 6.07) is 3.24. The van der Waals surface area contributed by atoms with E-state index in [-0.39, 0.29) is 17.8 Å². The van der Waals surface area contributed by atoms with Gasteiger partial charge in [0.25, 0.3) is 5.91 Å².